The number of amides is 3. The normalized spacial score (nSPS) is 47.2. The van der Waals surface area contributed by atoms with E-state index in [0.717, 1.165) is 216 Å². The summed E-state index contributed by atoms with van der Waals surface area (Å²) in [6, 6.07) is 9.04. The highest BCUT2D eigenvalue weighted by Gasteiger charge is 2.74. The van der Waals surface area contributed by atoms with Crippen LogP contribution in [0.25, 0.3) is 0 Å². The second-order valence-corrected chi connectivity index (χ2v) is 56.0. The van der Waals surface area contributed by atoms with Gasteiger partial charge in [0.2, 0.25) is 11.8 Å². The van der Waals surface area contributed by atoms with Crippen LogP contribution in [0.2, 0.25) is 0 Å². The molecule has 40 atom stereocenters. The predicted molar refractivity (Wildman–Crippen MR) is 566 cm³/mol. The van der Waals surface area contributed by atoms with Crippen molar-refractivity contribution in [2.24, 2.45) is 184 Å². The number of rotatable bonds is 17. The standard InChI is InChI=1S/C34H51NO5.C23H35NO4.C23H32O5.C23H34O4.C22H33NO4/c1-21(10-13-31(38)35-29(32(39)40-4)18-22-8-6-5-7-9-22)25-11-12-26-24-20-30(37)28-19-23(36)14-16-34(28,3)27(24)15-17-33(25,26)2;1-21-9-6-16(26)14-15(21)4-5-17-18(21)7-10-22(2)19(17)8-11-23(22,28)20(27)24-12-3-13-25;1-21-7-5-15(24)10-14(21)3-4-17-18(21)11-19(25)22(2)16(6-8-23(17,22)27)13-9-20(26)28-12-13;1-21-8-5-16(24)12-15(21)3-4-19-18(21)6-9-22(2)17(7-10-23(19,22)26)14-11-20(25)27-13-14;1-21-9-7-14(24)11-13(21)3-4-15-16-5-6-18(20(27)23-12-19(25)26)22(16,2)10-8-17(15)21/h5-9,21,23-30,36-37H,10-20H2,1-4H3,(H,35,38);14,17-19,25,28H,3-13H2,1-2H3,(H,24,27);9,14,16-19,25,27H,3-8,10-12H2,1-2H3;11,15-19,24,26H,3-10,12-13H2,1-2H3;13,15-18H,3-12H2,1-2H3,(H,23,27)(H,25,26)/t21?,23-,24?,25?,26?,27?,28+,29?,30+,33?,34?;17?,18?,19?,21?,22?,23-;14-,16?,17?,18?,19?,21?,22?,23?;15-,16?,17?,18?,19?,21?,22?,23?;13-,15?,16?,17?,18?,21?,22?/m10111/s1. The van der Waals surface area contributed by atoms with Crippen molar-refractivity contribution in [3.05, 3.63) is 70.8 Å². The van der Waals surface area contributed by atoms with Crippen LogP contribution in [0.15, 0.2) is 65.3 Å². The number of methoxy groups -OCH3 is 1. The number of benzene rings is 1. The van der Waals surface area contributed by atoms with E-state index in [1.165, 1.54) is 51.2 Å². The van der Waals surface area contributed by atoms with Crippen LogP contribution in [-0.2, 0) is 68.6 Å². The Morgan fingerprint density at radius 3 is 1.69 bits per heavy atom. The van der Waals surface area contributed by atoms with Gasteiger partial charge in [-0.15, -0.1) is 0 Å². The molecule has 20 aliphatic carbocycles. The van der Waals surface area contributed by atoms with Gasteiger partial charge in [0.05, 0.1) is 42.7 Å². The molecule has 0 spiro atoms. The predicted octanol–water partition coefficient (Wildman–Crippen LogP) is 17.8. The number of nitrogens with one attached hydrogen (secondary N) is 3. The highest BCUT2D eigenvalue weighted by molar-refractivity contribution is 5.92. The van der Waals surface area contributed by atoms with E-state index in [0.29, 0.717) is 183 Å². The number of carbonyl (C=O) groups excluding carboxylic acids is 9. The second kappa shape index (κ2) is 42.3. The molecule has 3 amide bonds. The summed E-state index contributed by atoms with van der Waals surface area (Å²) in [5.74, 6) is 8.25. The van der Waals surface area contributed by atoms with Crippen LogP contribution >= 0.6 is 0 Å². The summed E-state index contributed by atoms with van der Waals surface area (Å²) in [7, 11) is 1.37. The smallest absolute Gasteiger partial charge is 0.331 e. The Balaban J connectivity index is 0.000000119. The van der Waals surface area contributed by atoms with Crippen LogP contribution in [0.3, 0.4) is 0 Å². The lowest BCUT2D eigenvalue weighted by Crippen LogP contribution is -2.66. The molecular formula is C125H185N3O22. The lowest BCUT2D eigenvalue weighted by atomic mass is 9.42. The van der Waals surface area contributed by atoms with E-state index in [1.54, 1.807) is 12.2 Å². The van der Waals surface area contributed by atoms with Gasteiger partial charge in [0.1, 0.15) is 43.0 Å². The fourth-order valence-corrected chi connectivity index (χ4v) is 42.0. The summed E-state index contributed by atoms with van der Waals surface area (Å²) in [6.45, 7) is 26.4. The molecule has 0 bridgehead atoms. The van der Waals surface area contributed by atoms with Crippen molar-refractivity contribution < 1.29 is 108 Å². The van der Waals surface area contributed by atoms with Gasteiger partial charge in [-0.3, -0.25) is 33.6 Å². The summed E-state index contributed by atoms with van der Waals surface area (Å²) in [6.07, 6.45) is 46.0. The van der Waals surface area contributed by atoms with Crippen LogP contribution in [0.5, 0.6) is 0 Å². The first kappa shape index (κ1) is 112. The number of ketones is 3. The summed E-state index contributed by atoms with van der Waals surface area (Å²) in [4.78, 5) is 121. The number of allylic oxidation sites excluding steroid dienone is 1. The quantitative estimate of drug-likeness (QED) is 0.0391. The van der Waals surface area contributed by atoms with Crippen LogP contribution in [0.4, 0.5) is 0 Å². The van der Waals surface area contributed by atoms with Crippen molar-refractivity contribution in [3.63, 3.8) is 0 Å². The van der Waals surface area contributed by atoms with Crippen molar-refractivity contribution >= 4 is 58.9 Å². The van der Waals surface area contributed by atoms with Crippen molar-refractivity contribution in [1.82, 2.24) is 16.0 Å². The molecule has 0 aromatic heterocycles. The maximum atomic E-state index is 13.0. The molecule has 19 saturated carbocycles. The summed E-state index contributed by atoms with van der Waals surface area (Å²) in [5.41, 5.74) is 1.41. The Labute approximate surface area is 891 Å². The van der Waals surface area contributed by atoms with Crippen molar-refractivity contribution in [2.75, 3.05) is 40.0 Å². The monoisotopic (exact) mass is 2080 g/mol. The van der Waals surface area contributed by atoms with Crippen molar-refractivity contribution in [1.29, 1.82) is 0 Å². The lowest BCUT2D eigenvalue weighted by molar-refractivity contribution is -0.241. The van der Waals surface area contributed by atoms with E-state index in [9.17, 15) is 83.7 Å². The third kappa shape index (κ3) is 19.0. The Bertz CT molecular complexity index is 5330. The topological polar surface area (TPSA) is 417 Å². The average Bonchev–Trinajstić information content (AvgIpc) is 1.52. The van der Waals surface area contributed by atoms with Crippen LogP contribution in [-0.4, -0.2) is 192 Å². The molecule has 33 unspecified atom stereocenters. The summed E-state index contributed by atoms with van der Waals surface area (Å²) < 4.78 is 15.3. The van der Waals surface area contributed by atoms with E-state index in [-0.39, 0.29) is 152 Å². The average molecular weight is 2080 g/mol. The van der Waals surface area contributed by atoms with Gasteiger partial charge in [-0.2, -0.15) is 0 Å². The molecule has 150 heavy (non-hydrogen) atoms. The number of carboxylic acid groups (broad SMARTS) is 1. The maximum Gasteiger partial charge on any atom is 0.331 e. The fourth-order valence-electron chi connectivity index (χ4n) is 42.0. The SMILES string of the molecule is CC12CCC(=O)C=C1CCC1C2CCC2(C)C1CC[C@]2(O)C(=O)NCCCO.CC12CCC(=O)C[C@H]1CCC1C2CC(O)C2(C)C(C3=CC(=O)OC3)CCC12O.CC12CCC(O)C[C@H]1CCC1C2CCC2(C)C(C3=CC(=O)OC3)CCC12O.CC12CCC3C(CC[C@@H]4CC(=O)CCC34C)C1CCC2C(=O)NCC(=O)O.COC(=O)C(Cc1ccccc1)NC(=O)CCC(C)C1CCC2C3C[C@H](O)[C@@H]4C[C@H](O)CCC4(C)C3CCC12C. The Morgan fingerprint density at radius 1 is 0.473 bits per heavy atom. The third-order valence-corrected chi connectivity index (χ3v) is 50.5. The van der Waals surface area contributed by atoms with Crippen LogP contribution < -0.4 is 16.0 Å². The highest BCUT2D eigenvalue weighted by Crippen LogP contribution is 2.76. The first-order chi connectivity index (χ1) is 71.1. The number of ether oxygens (including phenoxy) is 3. The number of Topliss-reactive ketones (excluding diaryl/α,β-unsaturated/α-hetero) is 2. The molecule has 0 radical (unpaired) electrons. The molecule has 22 aliphatic rings. The van der Waals surface area contributed by atoms with E-state index in [1.807, 2.05) is 43.3 Å². The first-order valence-electron chi connectivity index (χ1n) is 59.8. The van der Waals surface area contributed by atoms with Gasteiger partial charge in [0.25, 0.3) is 5.91 Å². The van der Waals surface area contributed by atoms with Crippen LogP contribution in [0, 0.1) is 184 Å². The number of hydrogen-bond acceptors (Lipinski definition) is 21. The molecule has 25 nitrogen and oxygen atoms in total. The van der Waals surface area contributed by atoms with Gasteiger partial charge in [0.15, 0.2) is 5.78 Å². The Hall–Kier alpha value is -6.58. The second-order valence-electron chi connectivity index (χ2n) is 56.0. The molecule has 832 valence electrons. The van der Waals surface area contributed by atoms with Gasteiger partial charge < -0.3 is 76.1 Å². The van der Waals surface area contributed by atoms with Crippen molar-refractivity contribution in [3.8, 4) is 0 Å². The van der Waals surface area contributed by atoms with Crippen LogP contribution in [0.1, 0.15) is 371 Å². The number of hydrogen-bond donors (Lipinski definition) is 12. The van der Waals surface area contributed by atoms with E-state index < -0.39 is 46.3 Å². The first-order valence-corrected chi connectivity index (χ1v) is 59.8. The minimum Gasteiger partial charge on any atom is -0.480 e. The van der Waals surface area contributed by atoms with E-state index >= 15 is 0 Å². The zero-order valence-electron chi connectivity index (χ0n) is 92.6. The number of carboxylic acids is 1. The lowest BCUT2D eigenvalue weighted by Gasteiger charge is -2.64. The molecule has 1 aromatic rings. The van der Waals surface area contributed by atoms with E-state index in [4.69, 9.17) is 24.4 Å². The molecule has 2 aliphatic heterocycles. The number of carbonyl (C=O) groups is 10. The van der Waals surface area contributed by atoms with Gasteiger partial charge in [0, 0.05) is 92.4 Å². The molecule has 19 fully saturated rings. The minimum absolute atomic E-state index is 0.00254. The summed E-state index contributed by atoms with van der Waals surface area (Å²) in [5, 5.41) is 105. The number of cyclic esters (lactones) is 2. The zero-order valence-corrected chi connectivity index (χ0v) is 92.6. The van der Waals surface area contributed by atoms with E-state index in [2.05, 4.69) is 85.2 Å². The molecule has 1 aromatic carbocycles. The number of aliphatic hydroxyl groups excluding tert-OH is 5. The highest BCUT2D eigenvalue weighted by atomic mass is 16.5. The Kier molecular flexibility index (Phi) is 31.5. The van der Waals surface area contributed by atoms with Gasteiger partial charge in [-0.1, -0.05) is 112 Å². The minimum atomic E-state index is -1.31. The number of aliphatic hydroxyl groups is 8. The summed E-state index contributed by atoms with van der Waals surface area (Å²) >= 11 is 0. The molecule has 12 N–H and O–H groups in total. The number of aliphatic carboxylic acids is 1. The Morgan fingerprint density at radius 2 is 1.03 bits per heavy atom. The molecule has 0 saturated heterocycles. The van der Waals surface area contributed by atoms with Crippen molar-refractivity contribution in [2.45, 2.75) is 419 Å². The molecular weight excluding hydrogens is 1900 g/mol. The maximum absolute atomic E-state index is 13.0. The third-order valence-electron chi connectivity index (χ3n) is 50.5. The fraction of sp³-hybridized carbons (Fsp3) is 0.824. The largest absolute Gasteiger partial charge is 0.480 e. The molecule has 2 heterocycles. The molecule has 23 rings (SSSR count). The number of esters is 3. The van der Waals surface area contributed by atoms with Gasteiger partial charge in [-0.05, 0) is 435 Å². The number of fused-ring (bicyclic) bond motifs is 25. The zero-order chi connectivity index (χ0) is 107. The van der Waals surface area contributed by atoms with Gasteiger partial charge >= 0.3 is 23.9 Å². The van der Waals surface area contributed by atoms with Gasteiger partial charge in [-0.25, -0.2) is 14.4 Å². The molecule has 25 heteroatoms.